The van der Waals surface area contributed by atoms with Crippen molar-refractivity contribution in [2.24, 2.45) is 0 Å². The molecule has 0 spiro atoms. The van der Waals surface area contributed by atoms with Crippen LogP contribution < -0.4 is 0 Å². The van der Waals surface area contributed by atoms with Gasteiger partial charge in [0.2, 0.25) is 0 Å². The second-order valence-electron chi connectivity index (χ2n) is 3.55. The van der Waals surface area contributed by atoms with Crippen molar-refractivity contribution in [3.63, 3.8) is 0 Å². The highest BCUT2D eigenvalue weighted by molar-refractivity contribution is 9.10. The van der Waals surface area contributed by atoms with Crippen molar-refractivity contribution in [2.45, 2.75) is 12.8 Å². The standard InChI is InChI=1S/C11H12BrFN/c12-10-7-9(3-4-11(10)13)8-14-5-1-2-6-14/h3-4,7-8H,1-2,5-6H2/q+1. The summed E-state index contributed by atoms with van der Waals surface area (Å²) in [5.41, 5.74) is 1.06. The van der Waals surface area contributed by atoms with E-state index in [1.807, 2.05) is 6.07 Å². The van der Waals surface area contributed by atoms with E-state index in [-0.39, 0.29) is 5.82 Å². The largest absolute Gasteiger partial charge is 0.236 e. The molecule has 1 aromatic rings. The molecule has 0 aliphatic carbocycles. The van der Waals surface area contributed by atoms with Crippen LogP contribution in [0.4, 0.5) is 4.39 Å². The minimum Gasteiger partial charge on any atom is -0.236 e. The summed E-state index contributed by atoms with van der Waals surface area (Å²) in [5.74, 6) is -0.205. The lowest BCUT2D eigenvalue weighted by Crippen LogP contribution is -2.07. The van der Waals surface area contributed by atoms with Crippen LogP contribution in [0.25, 0.3) is 0 Å². The van der Waals surface area contributed by atoms with Crippen molar-refractivity contribution >= 4 is 22.1 Å². The Bertz CT molecular complexity index is 366. The van der Waals surface area contributed by atoms with E-state index >= 15 is 0 Å². The Labute approximate surface area is 91.4 Å². The van der Waals surface area contributed by atoms with Crippen molar-refractivity contribution in [1.82, 2.24) is 0 Å². The van der Waals surface area contributed by atoms with Crippen molar-refractivity contribution in [3.8, 4) is 0 Å². The average molecular weight is 257 g/mol. The maximum atomic E-state index is 12.9. The highest BCUT2D eigenvalue weighted by atomic mass is 79.9. The van der Waals surface area contributed by atoms with Crippen molar-refractivity contribution in [3.05, 3.63) is 34.1 Å². The number of hydrogen-bond acceptors (Lipinski definition) is 0. The molecule has 0 atom stereocenters. The summed E-state index contributed by atoms with van der Waals surface area (Å²) in [6.07, 6.45) is 4.62. The van der Waals surface area contributed by atoms with Crippen LogP contribution in [0.3, 0.4) is 0 Å². The van der Waals surface area contributed by atoms with E-state index in [1.54, 1.807) is 6.07 Å². The van der Waals surface area contributed by atoms with Gasteiger partial charge in [0.15, 0.2) is 6.21 Å². The summed E-state index contributed by atoms with van der Waals surface area (Å²) >= 11 is 3.18. The highest BCUT2D eigenvalue weighted by Gasteiger charge is 2.12. The lowest BCUT2D eigenvalue weighted by atomic mass is 10.2. The molecule has 0 amide bonds. The fourth-order valence-electron chi connectivity index (χ4n) is 1.67. The van der Waals surface area contributed by atoms with Gasteiger partial charge in [-0.15, -0.1) is 0 Å². The van der Waals surface area contributed by atoms with Gasteiger partial charge in [0.25, 0.3) is 0 Å². The molecule has 0 saturated carbocycles. The van der Waals surface area contributed by atoms with Gasteiger partial charge >= 0.3 is 0 Å². The Morgan fingerprint density at radius 2 is 2.00 bits per heavy atom. The van der Waals surface area contributed by atoms with Crippen molar-refractivity contribution in [1.29, 1.82) is 0 Å². The third kappa shape index (κ3) is 2.21. The van der Waals surface area contributed by atoms with Crippen LogP contribution in [0.2, 0.25) is 0 Å². The topological polar surface area (TPSA) is 3.01 Å². The molecule has 1 aromatic carbocycles. The van der Waals surface area contributed by atoms with E-state index in [4.69, 9.17) is 0 Å². The van der Waals surface area contributed by atoms with Gasteiger partial charge in [-0.1, -0.05) is 0 Å². The molecule has 1 aliphatic rings. The van der Waals surface area contributed by atoms with Crippen LogP contribution in [-0.2, 0) is 0 Å². The van der Waals surface area contributed by atoms with Gasteiger partial charge < -0.3 is 0 Å². The Morgan fingerprint density at radius 1 is 1.29 bits per heavy atom. The molecule has 0 N–H and O–H groups in total. The second kappa shape index (κ2) is 4.22. The van der Waals surface area contributed by atoms with Crippen LogP contribution >= 0.6 is 15.9 Å². The molecular formula is C11H12BrFN+. The SMILES string of the molecule is Fc1ccc(C=[N+]2CCCC2)cc1Br. The van der Waals surface area contributed by atoms with Crippen LogP contribution in [0.5, 0.6) is 0 Å². The Balaban J connectivity index is 2.24. The predicted molar refractivity (Wildman–Crippen MR) is 58.5 cm³/mol. The third-order valence-electron chi connectivity index (χ3n) is 2.42. The highest BCUT2D eigenvalue weighted by Crippen LogP contribution is 2.16. The molecular weight excluding hydrogens is 245 g/mol. The second-order valence-corrected chi connectivity index (χ2v) is 4.40. The Kier molecular flexibility index (Phi) is 2.96. The van der Waals surface area contributed by atoms with Crippen LogP contribution in [-0.4, -0.2) is 23.9 Å². The van der Waals surface area contributed by atoms with E-state index in [2.05, 4.69) is 26.7 Å². The number of benzene rings is 1. The molecule has 74 valence electrons. The molecule has 0 unspecified atom stereocenters. The fraction of sp³-hybridized carbons (Fsp3) is 0.364. The van der Waals surface area contributed by atoms with Crippen LogP contribution in [0.1, 0.15) is 18.4 Å². The molecule has 2 rings (SSSR count). The zero-order chi connectivity index (χ0) is 9.97. The smallest absolute Gasteiger partial charge is 0.170 e. The molecule has 0 bridgehead atoms. The summed E-state index contributed by atoms with van der Waals surface area (Å²) in [5, 5.41) is 0. The summed E-state index contributed by atoms with van der Waals surface area (Å²) < 4.78 is 15.7. The minimum atomic E-state index is -0.205. The Hall–Kier alpha value is -0.700. The normalized spacial score (nSPS) is 16.0. The number of rotatable bonds is 1. The quantitative estimate of drug-likeness (QED) is 0.680. The first-order valence-corrected chi connectivity index (χ1v) is 5.59. The lowest BCUT2D eigenvalue weighted by Gasteiger charge is -1.96. The third-order valence-corrected chi connectivity index (χ3v) is 3.02. The first-order valence-electron chi connectivity index (χ1n) is 4.80. The van der Waals surface area contributed by atoms with Gasteiger partial charge in [0.1, 0.15) is 18.9 Å². The average Bonchev–Trinajstić information content (AvgIpc) is 2.64. The van der Waals surface area contributed by atoms with Gasteiger partial charge in [0, 0.05) is 18.4 Å². The van der Waals surface area contributed by atoms with E-state index in [0.717, 1.165) is 18.7 Å². The first-order chi connectivity index (χ1) is 6.75. The van der Waals surface area contributed by atoms with Crippen molar-refractivity contribution < 1.29 is 8.97 Å². The molecule has 14 heavy (non-hydrogen) atoms. The minimum absolute atomic E-state index is 0.205. The van der Waals surface area contributed by atoms with Gasteiger partial charge in [-0.3, -0.25) is 0 Å². The maximum absolute atomic E-state index is 12.9. The lowest BCUT2D eigenvalue weighted by molar-refractivity contribution is -0.500. The number of hydrogen-bond donors (Lipinski definition) is 0. The zero-order valence-electron chi connectivity index (χ0n) is 7.84. The summed E-state index contributed by atoms with van der Waals surface area (Å²) in [6, 6.07) is 5.11. The number of halogens is 2. The molecule has 3 heteroatoms. The van der Waals surface area contributed by atoms with Gasteiger partial charge in [0.05, 0.1) is 4.47 Å². The molecule has 1 aliphatic heterocycles. The van der Waals surface area contributed by atoms with Gasteiger partial charge in [-0.05, 0) is 34.1 Å². The first kappa shape index (κ1) is 9.84. The zero-order valence-corrected chi connectivity index (χ0v) is 9.43. The van der Waals surface area contributed by atoms with Gasteiger partial charge in [-0.25, -0.2) is 8.97 Å². The Morgan fingerprint density at radius 3 is 2.64 bits per heavy atom. The molecule has 1 saturated heterocycles. The van der Waals surface area contributed by atoms with E-state index in [1.165, 1.54) is 18.9 Å². The molecule has 0 aromatic heterocycles. The summed E-state index contributed by atoms with van der Waals surface area (Å²) in [4.78, 5) is 0. The van der Waals surface area contributed by atoms with E-state index in [0.29, 0.717) is 4.47 Å². The van der Waals surface area contributed by atoms with Crippen LogP contribution in [0.15, 0.2) is 22.7 Å². The molecule has 0 radical (unpaired) electrons. The fourth-order valence-corrected chi connectivity index (χ4v) is 2.07. The van der Waals surface area contributed by atoms with E-state index < -0.39 is 0 Å². The maximum Gasteiger partial charge on any atom is 0.170 e. The number of nitrogens with zero attached hydrogens (tertiary/aromatic N) is 1. The van der Waals surface area contributed by atoms with Gasteiger partial charge in [-0.2, -0.15) is 0 Å². The monoisotopic (exact) mass is 256 g/mol. The van der Waals surface area contributed by atoms with Crippen LogP contribution in [0, 0.1) is 5.82 Å². The molecule has 1 heterocycles. The molecule has 1 nitrogen and oxygen atoms in total. The van der Waals surface area contributed by atoms with Crippen molar-refractivity contribution in [2.75, 3.05) is 13.1 Å². The molecule has 1 fully saturated rings. The summed E-state index contributed by atoms with van der Waals surface area (Å²) in [7, 11) is 0. The summed E-state index contributed by atoms with van der Waals surface area (Å²) in [6.45, 7) is 2.24. The van der Waals surface area contributed by atoms with E-state index in [9.17, 15) is 4.39 Å². The predicted octanol–water partition coefficient (Wildman–Crippen LogP) is 2.81.